The standard InChI is InChI=1S/C16H17N3O3S/c1-23-8-7-12-15(20)19(16(21)18-12)9-13-14(22-10-17-13)11-5-3-2-4-6-11/h2-6,10,12H,7-9H2,1H3,(H,18,21)/t12-/m0/s1. The van der Waals surface area contributed by atoms with Gasteiger partial charge in [0, 0.05) is 5.56 Å². The van der Waals surface area contributed by atoms with Crippen LogP contribution in [0.5, 0.6) is 0 Å². The van der Waals surface area contributed by atoms with Gasteiger partial charge in [-0.05, 0) is 18.4 Å². The van der Waals surface area contributed by atoms with Crippen molar-refractivity contribution in [3.63, 3.8) is 0 Å². The molecule has 1 atom stereocenters. The van der Waals surface area contributed by atoms with Crippen molar-refractivity contribution in [2.45, 2.75) is 19.0 Å². The third-order valence-corrected chi connectivity index (χ3v) is 4.35. The van der Waals surface area contributed by atoms with Gasteiger partial charge in [-0.2, -0.15) is 11.8 Å². The number of aromatic nitrogens is 1. The first-order valence-electron chi connectivity index (χ1n) is 7.29. The molecular weight excluding hydrogens is 314 g/mol. The minimum absolute atomic E-state index is 0.112. The molecule has 3 rings (SSSR count). The second-order valence-electron chi connectivity index (χ2n) is 5.20. The lowest BCUT2D eigenvalue weighted by Gasteiger charge is -2.12. The lowest BCUT2D eigenvalue weighted by Crippen LogP contribution is -2.31. The highest BCUT2D eigenvalue weighted by Crippen LogP contribution is 2.25. The highest BCUT2D eigenvalue weighted by Gasteiger charge is 2.38. The number of nitrogens with zero attached hydrogens (tertiary/aromatic N) is 2. The molecular formula is C16H17N3O3S. The number of benzene rings is 1. The zero-order valence-electron chi connectivity index (χ0n) is 12.7. The lowest BCUT2D eigenvalue weighted by atomic mass is 10.1. The molecule has 7 heteroatoms. The maximum Gasteiger partial charge on any atom is 0.325 e. The number of carbonyl (C=O) groups is 2. The number of hydrogen-bond acceptors (Lipinski definition) is 5. The van der Waals surface area contributed by atoms with Gasteiger partial charge in [0.2, 0.25) is 0 Å². The summed E-state index contributed by atoms with van der Waals surface area (Å²) in [7, 11) is 0. The van der Waals surface area contributed by atoms with Gasteiger partial charge in [-0.15, -0.1) is 0 Å². The molecule has 2 aromatic rings. The maximum atomic E-state index is 12.4. The molecule has 1 fully saturated rings. The fourth-order valence-corrected chi connectivity index (χ4v) is 2.99. The van der Waals surface area contributed by atoms with Crippen LogP contribution in [0.4, 0.5) is 4.79 Å². The Bertz CT molecular complexity index is 702. The first-order valence-corrected chi connectivity index (χ1v) is 8.68. The second kappa shape index (κ2) is 6.87. The lowest BCUT2D eigenvalue weighted by molar-refractivity contribution is -0.127. The van der Waals surface area contributed by atoms with E-state index in [9.17, 15) is 9.59 Å². The van der Waals surface area contributed by atoms with Crippen LogP contribution in [0.15, 0.2) is 41.1 Å². The van der Waals surface area contributed by atoms with Crippen molar-refractivity contribution in [2.75, 3.05) is 12.0 Å². The number of rotatable bonds is 6. The Kier molecular flexibility index (Phi) is 4.66. The van der Waals surface area contributed by atoms with E-state index in [0.29, 0.717) is 17.9 Å². The van der Waals surface area contributed by atoms with Gasteiger partial charge >= 0.3 is 6.03 Å². The van der Waals surface area contributed by atoms with Gasteiger partial charge in [0.15, 0.2) is 12.2 Å². The molecule has 0 spiro atoms. The normalized spacial score (nSPS) is 17.6. The number of imide groups is 1. The van der Waals surface area contributed by atoms with Gasteiger partial charge in [-0.3, -0.25) is 9.69 Å². The van der Waals surface area contributed by atoms with E-state index in [1.54, 1.807) is 11.8 Å². The predicted molar refractivity (Wildman–Crippen MR) is 87.8 cm³/mol. The predicted octanol–water partition coefficient (Wildman–Crippen LogP) is 2.52. The fourth-order valence-electron chi connectivity index (χ4n) is 2.51. The molecule has 0 aliphatic carbocycles. The van der Waals surface area contributed by atoms with Crippen LogP contribution in [0.3, 0.4) is 0 Å². The molecule has 6 nitrogen and oxygen atoms in total. The van der Waals surface area contributed by atoms with Crippen LogP contribution in [0, 0.1) is 0 Å². The van der Waals surface area contributed by atoms with E-state index in [0.717, 1.165) is 11.3 Å². The molecule has 2 heterocycles. The van der Waals surface area contributed by atoms with Gasteiger partial charge in [-0.25, -0.2) is 9.78 Å². The molecule has 1 saturated heterocycles. The van der Waals surface area contributed by atoms with Gasteiger partial charge < -0.3 is 9.73 Å². The Morgan fingerprint density at radius 2 is 2.09 bits per heavy atom. The average molecular weight is 331 g/mol. The fraction of sp³-hybridized carbons (Fsp3) is 0.312. The van der Waals surface area contributed by atoms with Crippen molar-refractivity contribution in [3.8, 4) is 11.3 Å². The molecule has 1 aliphatic heterocycles. The Morgan fingerprint density at radius 1 is 1.30 bits per heavy atom. The molecule has 1 aromatic heterocycles. The zero-order valence-corrected chi connectivity index (χ0v) is 13.5. The summed E-state index contributed by atoms with van der Waals surface area (Å²) in [4.78, 5) is 29.8. The summed E-state index contributed by atoms with van der Waals surface area (Å²) in [5, 5.41) is 2.73. The number of carbonyl (C=O) groups excluding carboxylic acids is 2. The number of hydrogen-bond donors (Lipinski definition) is 1. The van der Waals surface area contributed by atoms with E-state index in [1.165, 1.54) is 11.3 Å². The van der Waals surface area contributed by atoms with Crippen molar-refractivity contribution in [2.24, 2.45) is 0 Å². The van der Waals surface area contributed by atoms with Crippen molar-refractivity contribution < 1.29 is 14.0 Å². The first kappa shape index (κ1) is 15.6. The van der Waals surface area contributed by atoms with E-state index in [2.05, 4.69) is 10.3 Å². The number of oxazole rings is 1. The molecule has 0 radical (unpaired) electrons. The van der Waals surface area contributed by atoms with Crippen LogP contribution in [0.2, 0.25) is 0 Å². The van der Waals surface area contributed by atoms with Crippen LogP contribution < -0.4 is 5.32 Å². The van der Waals surface area contributed by atoms with Gasteiger partial charge in [-0.1, -0.05) is 30.3 Å². The largest absolute Gasteiger partial charge is 0.443 e. The summed E-state index contributed by atoms with van der Waals surface area (Å²) in [5.74, 6) is 1.20. The number of thioether (sulfide) groups is 1. The van der Waals surface area contributed by atoms with E-state index >= 15 is 0 Å². The van der Waals surface area contributed by atoms with Crippen LogP contribution in [0.1, 0.15) is 12.1 Å². The molecule has 120 valence electrons. The molecule has 1 N–H and O–H groups in total. The Morgan fingerprint density at radius 3 is 2.83 bits per heavy atom. The maximum absolute atomic E-state index is 12.4. The van der Waals surface area contributed by atoms with Crippen LogP contribution in [-0.2, 0) is 11.3 Å². The van der Waals surface area contributed by atoms with Crippen LogP contribution >= 0.6 is 11.8 Å². The number of nitrogens with one attached hydrogen (secondary N) is 1. The summed E-state index contributed by atoms with van der Waals surface area (Å²) in [5.41, 5.74) is 1.44. The third kappa shape index (κ3) is 3.24. The zero-order chi connectivity index (χ0) is 16.2. The van der Waals surface area contributed by atoms with E-state index < -0.39 is 6.04 Å². The van der Waals surface area contributed by atoms with E-state index in [4.69, 9.17) is 4.42 Å². The third-order valence-electron chi connectivity index (χ3n) is 3.70. The molecule has 0 unspecified atom stereocenters. The van der Waals surface area contributed by atoms with Crippen molar-refractivity contribution in [1.82, 2.24) is 15.2 Å². The van der Waals surface area contributed by atoms with Crippen molar-refractivity contribution in [3.05, 3.63) is 42.4 Å². The smallest absolute Gasteiger partial charge is 0.325 e. The van der Waals surface area contributed by atoms with Crippen molar-refractivity contribution in [1.29, 1.82) is 0 Å². The van der Waals surface area contributed by atoms with Crippen LogP contribution in [-0.4, -0.2) is 39.9 Å². The van der Waals surface area contributed by atoms with E-state index in [-0.39, 0.29) is 18.5 Å². The van der Waals surface area contributed by atoms with E-state index in [1.807, 2.05) is 36.6 Å². The summed E-state index contributed by atoms with van der Waals surface area (Å²) >= 11 is 1.65. The SMILES string of the molecule is CSCC[C@@H]1NC(=O)N(Cc2ncoc2-c2ccccc2)C1=O. The Labute approximate surface area is 138 Å². The summed E-state index contributed by atoms with van der Waals surface area (Å²) in [6.45, 7) is 0.112. The molecule has 3 amide bonds. The summed E-state index contributed by atoms with van der Waals surface area (Å²) in [6.07, 6.45) is 3.94. The Balaban J connectivity index is 1.77. The van der Waals surface area contributed by atoms with Gasteiger partial charge in [0.25, 0.3) is 5.91 Å². The highest BCUT2D eigenvalue weighted by molar-refractivity contribution is 7.98. The summed E-state index contributed by atoms with van der Waals surface area (Å²) in [6, 6.07) is 8.69. The van der Waals surface area contributed by atoms with Gasteiger partial charge in [0.05, 0.1) is 6.54 Å². The molecule has 0 saturated carbocycles. The minimum atomic E-state index is -0.443. The molecule has 23 heavy (non-hydrogen) atoms. The molecule has 1 aromatic carbocycles. The monoisotopic (exact) mass is 331 g/mol. The number of urea groups is 1. The van der Waals surface area contributed by atoms with Gasteiger partial charge in [0.1, 0.15) is 11.7 Å². The highest BCUT2D eigenvalue weighted by atomic mass is 32.2. The number of amides is 3. The molecule has 1 aliphatic rings. The molecule has 0 bridgehead atoms. The summed E-state index contributed by atoms with van der Waals surface area (Å²) < 4.78 is 5.44. The minimum Gasteiger partial charge on any atom is -0.443 e. The second-order valence-corrected chi connectivity index (χ2v) is 6.19. The topological polar surface area (TPSA) is 75.4 Å². The first-order chi connectivity index (χ1) is 11.2. The van der Waals surface area contributed by atoms with Crippen molar-refractivity contribution >= 4 is 23.7 Å². The van der Waals surface area contributed by atoms with Crippen LogP contribution in [0.25, 0.3) is 11.3 Å². The average Bonchev–Trinajstić information content (AvgIpc) is 3.14. The Hall–Kier alpha value is -2.28. The quantitative estimate of drug-likeness (QED) is 0.823.